The Labute approximate surface area is 167 Å². The van der Waals surface area contributed by atoms with Crippen molar-refractivity contribution in [2.24, 2.45) is 11.5 Å². The molecule has 0 fully saturated rings. The molecule has 0 unspecified atom stereocenters. The Morgan fingerprint density at radius 2 is 1.12 bits per heavy atom. The first-order valence-electron chi connectivity index (χ1n) is 7.70. The Hall–Kier alpha value is 0.260. The molecule has 0 aliphatic heterocycles. The van der Waals surface area contributed by atoms with Gasteiger partial charge in [-0.15, -0.1) is 23.3 Å². The van der Waals surface area contributed by atoms with E-state index in [-0.39, 0.29) is 11.9 Å². The van der Waals surface area contributed by atoms with Gasteiger partial charge in [-0.3, -0.25) is 9.59 Å². The summed E-state index contributed by atoms with van der Waals surface area (Å²) in [6, 6.07) is -1.15. The van der Waals surface area contributed by atoms with E-state index in [1.807, 2.05) is 13.8 Å². The molecule has 2 atom stereocenters. The average Bonchev–Trinajstić information content (AvgIpc) is 2.62. The highest BCUT2D eigenvalue weighted by Gasteiger charge is 2.12. The number of unbranched alkanes of at least 4 members (excludes halogenated alkanes) is 2. The molecule has 0 aliphatic carbocycles. The highest BCUT2D eigenvalue weighted by atomic mass is 33.1. The minimum absolute atomic E-state index is 0.338. The number of ether oxygens (including phenoxy) is 2. The van der Waals surface area contributed by atoms with Gasteiger partial charge in [0.2, 0.25) is 0 Å². The van der Waals surface area contributed by atoms with Crippen LogP contribution < -0.4 is 11.5 Å². The van der Waals surface area contributed by atoms with E-state index >= 15 is 0 Å². The van der Waals surface area contributed by atoms with Gasteiger partial charge in [-0.1, -0.05) is 26.7 Å². The van der Waals surface area contributed by atoms with E-state index in [0.29, 0.717) is 24.7 Å². The summed E-state index contributed by atoms with van der Waals surface area (Å²) in [5, 5.41) is 0. The van der Waals surface area contributed by atoms with Crippen LogP contribution in [-0.4, -0.2) is 48.7 Å². The quantitative estimate of drug-likeness (QED) is 0.140. The zero-order valence-corrected chi connectivity index (χ0v) is 18.0. The summed E-state index contributed by atoms with van der Waals surface area (Å²) >= 11 is 14.2. The van der Waals surface area contributed by atoms with Crippen LogP contribution >= 0.6 is 48.6 Å². The smallest absolute Gasteiger partial charge is 0.323 e. The average molecular weight is 421 g/mol. The largest absolute Gasteiger partial charge is 0.465 e. The van der Waals surface area contributed by atoms with Gasteiger partial charge in [-0.2, -0.15) is 25.3 Å². The second-order valence-electron chi connectivity index (χ2n) is 4.62. The maximum Gasteiger partial charge on any atom is 0.323 e. The van der Waals surface area contributed by atoms with Crippen LogP contribution in [0.4, 0.5) is 0 Å². The number of hydrogen-bond donors (Lipinski definition) is 6. The van der Waals surface area contributed by atoms with Crippen molar-refractivity contribution in [3.63, 3.8) is 0 Å². The molecule has 0 radical (unpaired) electrons. The van der Waals surface area contributed by atoms with Crippen molar-refractivity contribution in [3.05, 3.63) is 0 Å². The van der Waals surface area contributed by atoms with Gasteiger partial charge in [0.1, 0.15) is 12.1 Å². The Kier molecular flexibility index (Phi) is 28.1. The SMILES string of the molecule is CCCCOC(=O)[C@@H](N)CS.CCCCOC(=O)[C@@H](N)CS.SS. The second kappa shape index (κ2) is 23.3. The molecule has 0 aromatic carbocycles. The van der Waals surface area contributed by atoms with Crippen LogP contribution in [-0.2, 0) is 19.1 Å². The Bertz CT molecular complexity index is 272. The van der Waals surface area contributed by atoms with Crippen LogP contribution in [0, 0.1) is 0 Å². The molecule has 0 saturated heterocycles. The summed E-state index contributed by atoms with van der Waals surface area (Å²) in [7, 11) is 0. The number of nitrogens with two attached hydrogens (primary N) is 2. The molecule has 0 amide bonds. The lowest BCUT2D eigenvalue weighted by Crippen LogP contribution is -2.34. The molecule has 0 spiro atoms. The summed E-state index contributed by atoms with van der Waals surface area (Å²) < 4.78 is 9.64. The predicted molar refractivity (Wildman–Crippen MR) is 113 cm³/mol. The minimum atomic E-state index is -0.574. The summed E-state index contributed by atoms with van der Waals surface area (Å²) in [5.41, 5.74) is 10.7. The normalized spacial score (nSPS) is 11.8. The lowest BCUT2D eigenvalue weighted by atomic mass is 10.3. The molecule has 0 aromatic rings. The van der Waals surface area contributed by atoms with E-state index in [1.165, 1.54) is 0 Å². The fraction of sp³-hybridized carbons (Fsp3) is 0.857. The molecule has 0 aromatic heterocycles. The maximum absolute atomic E-state index is 10.9. The van der Waals surface area contributed by atoms with Gasteiger partial charge < -0.3 is 20.9 Å². The second-order valence-corrected chi connectivity index (χ2v) is 5.35. The van der Waals surface area contributed by atoms with E-state index in [4.69, 9.17) is 20.9 Å². The molecule has 0 bridgehead atoms. The third kappa shape index (κ3) is 20.3. The highest BCUT2D eigenvalue weighted by Crippen LogP contribution is 1.93. The van der Waals surface area contributed by atoms with Crippen molar-refractivity contribution in [2.75, 3.05) is 24.7 Å². The Balaban J connectivity index is -0.000000333. The van der Waals surface area contributed by atoms with Crippen LogP contribution in [0.1, 0.15) is 39.5 Å². The number of thiol groups is 4. The lowest BCUT2D eigenvalue weighted by Gasteiger charge is -2.07. The molecule has 0 aliphatic rings. The number of carbonyl (C=O) groups is 2. The molecule has 146 valence electrons. The van der Waals surface area contributed by atoms with Crippen molar-refractivity contribution >= 4 is 60.5 Å². The van der Waals surface area contributed by atoms with Gasteiger partial charge in [-0.25, -0.2) is 0 Å². The number of esters is 2. The molecule has 0 heterocycles. The van der Waals surface area contributed by atoms with Gasteiger partial charge in [-0.05, 0) is 12.8 Å². The predicted octanol–water partition coefficient (Wildman–Crippen LogP) is 1.93. The fourth-order valence-corrected chi connectivity index (χ4v) is 1.30. The molecular formula is C14H32N2O4S4. The topological polar surface area (TPSA) is 105 Å². The standard InChI is InChI=1S/2C7H15NO2S.H2S2/c2*1-2-3-4-10-7(9)6(8)5-11;1-2/h2*6,11H,2-5,8H2,1H3;1-2H/t2*6-;/m00./s1. The van der Waals surface area contributed by atoms with Crippen molar-refractivity contribution in [3.8, 4) is 0 Å². The van der Waals surface area contributed by atoms with Crippen LogP contribution in [0.25, 0.3) is 0 Å². The van der Waals surface area contributed by atoms with E-state index in [2.05, 4.69) is 48.6 Å². The summed E-state index contributed by atoms with van der Waals surface area (Å²) in [6.45, 7) is 5.01. The number of rotatable bonds is 10. The molecule has 6 nitrogen and oxygen atoms in total. The van der Waals surface area contributed by atoms with Crippen molar-refractivity contribution in [1.82, 2.24) is 0 Å². The minimum Gasteiger partial charge on any atom is -0.465 e. The molecule has 4 N–H and O–H groups in total. The van der Waals surface area contributed by atoms with E-state index < -0.39 is 12.1 Å². The Morgan fingerprint density at radius 3 is 1.33 bits per heavy atom. The van der Waals surface area contributed by atoms with Gasteiger partial charge in [0.25, 0.3) is 0 Å². The molecule has 24 heavy (non-hydrogen) atoms. The van der Waals surface area contributed by atoms with Crippen molar-refractivity contribution < 1.29 is 19.1 Å². The maximum atomic E-state index is 10.9. The van der Waals surface area contributed by atoms with Crippen molar-refractivity contribution in [1.29, 1.82) is 0 Å². The lowest BCUT2D eigenvalue weighted by molar-refractivity contribution is -0.145. The Morgan fingerprint density at radius 1 is 0.833 bits per heavy atom. The van der Waals surface area contributed by atoms with Gasteiger partial charge in [0.15, 0.2) is 0 Å². The monoisotopic (exact) mass is 420 g/mol. The first kappa shape index (κ1) is 29.0. The molecule has 0 rings (SSSR count). The number of carbonyl (C=O) groups excluding carboxylic acids is 2. The third-order valence-electron chi connectivity index (χ3n) is 2.48. The van der Waals surface area contributed by atoms with E-state index in [0.717, 1.165) is 25.7 Å². The third-order valence-corrected chi connectivity index (χ3v) is 3.27. The summed E-state index contributed by atoms with van der Waals surface area (Å²) in [5.74, 6) is -0.0301. The van der Waals surface area contributed by atoms with E-state index in [1.54, 1.807) is 0 Å². The zero-order valence-electron chi connectivity index (χ0n) is 14.4. The first-order valence-corrected chi connectivity index (χ1v) is 10.6. The fourth-order valence-electron chi connectivity index (χ4n) is 0.997. The first-order chi connectivity index (χ1) is 11.4. The van der Waals surface area contributed by atoms with Crippen LogP contribution in [0.2, 0.25) is 0 Å². The van der Waals surface area contributed by atoms with Crippen LogP contribution in [0.3, 0.4) is 0 Å². The van der Waals surface area contributed by atoms with Crippen LogP contribution in [0.15, 0.2) is 0 Å². The molecular weight excluding hydrogens is 388 g/mol. The van der Waals surface area contributed by atoms with Crippen LogP contribution in [0.5, 0.6) is 0 Å². The summed E-state index contributed by atoms with van der Waals surface area (Å²) in [4.78, 5) is 21.7. The van der Waals surface area contributed by atoms with E-state index in [9.17, 15) is 9.59 Å². The van der Waals surface area contributed by atoms with Crippen molar-refractivity contribution in [2.45, 2.75) is 51.6 Å². The van der Waals surface area contributed by atoms with Gasteiger partial charge in [0, 0.05) is 11.5 Å². The number of hydrogen-bond acceptors (Lipinski definition) is 10. The highest BCUT2D eigenvalue weighted by molar-refractivity contribution is 8.59. The van der Waals surface area contributed by atoms with Gasteiger partial charge in [0.05, 0.1) is 13.2 Å². The van der Waals surface area contributed by atoms with Gasteiger partial charge >= 0.3 is 11.9 Å². The molecule has 10 heteroatoms. The molecule has 0 saturated carbocycles. The zero-order chi connectivity index (χ0) is 19.4. The summed E-state index contributed by atoms with van der Waals surface area (Å²) in [6.07, 6.45) is 3.82.